The first kappa shape index (κ1) is 18.3. The first-order valence-corrected chi connectivity index (χ1v) is 9.38. The molecule has 1 fully saturated rings. The van der Waals surface area contributed by atoms with Gasteiger partial charge in [-0.05, 0) is 61.4 Å². The Morgan fingerprint density at radius 2 is 1.75 bits per heavy atom. The summed E-state index contributed by atoms with van der Waals surface area (Å²) < 4.78 is 27.2. The number of nitrogens with zero attached hydrogens (tertiary/aromatic N) is 2. The highest BCUT2D eigenvalue weighted by Gasteiger charge is 2.26. The molecule has 1 saturated heterocycles. The number of hydrogen-bond acceptors (Lipinski definition) is 2. The first-order chi connectivity index (χ1) is 13.6. The average molecular weight is 378 g/mol. The largest absolute Gasteiger partial charge is 0.338 e. The molecule has 0 aliphatic carbocycles. The summed E-state index contributed by atoms with van der Waals surface area (Å²) in [6, 6.07) is 17.8. The maximum atomic E-state index is 14.1. The van der Waals surface area contributed by atoms with E-state index < -0.39 is 0 Å². The first-order valence-electron chi connectivity index (χ1n) is 9.38. The standard InChI is InChI=1S/C23H20F2N2O/c24-18-12-10-16(11-13-18)23(28)27-14-4-5-17(15-27)21-8-3-9-22(26-21)19-6-1-2-7-20(19)25/h1-3,6-13,17H,4-5,14-15H2/t17-/m0/s1. The Bertz CT molecular complexity index is 988. The van der Waals surface area contributed by atoms with E-state index in [2.05, 4.69) is 4.98 Å². The van der Waals surface area contributed by atoms with Crippen LogP contribution in [-0.2, 0) is 0 Å². The average Bonchev–Trinajstić information content (AvgIpc) is 2.74. The summed E-state index contributed by atoms with van der Waals surface area (Å²) >= 11 is 0. The van der Waals surface area contributed by atoms with E-state index in [0.29, 0.717) is 29.9 Å². The second-order valence-electron chi connectivity index (χ2n) is 7.02. The fourth-order valence-electron chi connectivity index (χ4n) is 3.68. The van der Waals surface area contributed by atoms with Crippen molar-refractivity contribution in [3.8, 4) is 11.3 Å². The summed E-state index contributed by atoms with van der Waals surface area (Å²) in [7, 11) is 0. The molecule has 4 rings (SSSR count). The van der Waals surface area contributed by atoms with Crippen LogP contribution in [0.5, 0.6) is 0 Å². The molecular formula is C23H20F2N2O. The number of rotatable bonds is 3. The molecule has 1 aromatic heterocycles. The van der Waals surface area contributed by atoms with Gasteiger partial charge in [-0.15, -0.1) is 0 Å². The molecule has 2 heterocycles. The van der Waals surface area contributed by atoms with Crippen molar-refractivity contribution in [2.75, 3.05) is 13.1 Å². The molecule has 0 N–H and O–H groups in total. The van der Waals surface area contributed by atoms with Crippen LogP contribution in [0.2, 0.25) is 0 Å². The van der Waals surface area contributed by atoms with Crippen LogP contribution in [0.4, 0.5) is 8.78 Å². The van der Waals surface area contributed by atoms with Crippen LogP contribution in [0, 0.1) is 11.6 Å². The van der Waals surface area contributed by atoms with Gasteiger partial charge in [0.1, 0.15) is 11.6 Å². The molecule has 3 aromatic rings. The van der Waals surface area contributed by atoms with Crippen molar-refractivity contribution in [3.05, 3.63) is 89.6 Å². The second kappa shape index (κ2) is 7.89. The van der Waals surface area contributed by atoms with Gasteiger partial charge in [0, 0.05) is 35.8 Å². The van der Waals surface area contributed by atoms with Gasteiger partial charge in [-0.1, -0.05) is 18.2 Å². The topological polar surface area (TPSA) is 33.2 Å². The Kier molecular flexibility index (Phi) is 5.15. The molecule has 1 aliphatic rings. The maximum Gasteiger partial charge on any atom is 0.253 e. The molecule has 5 heteroatoms. The van der Waals surface area contributed by atoms with E-state index in [4.69, 9.17) is 0 Å². The number of piperidine rings is 1. The Hall–Kier alpha value is -3.08. The third-order valence-corrected chi connectivity index (χ3v) is 5.14. The van der Waals surface area contributed by atoms with Gasteiger partial charge in [-0.3, -0.25) is 9.78 Å². The molecule has 0 saturated carbocycles. The van der Waals surface area contributed by atoms with Gasteiger partial charge in [0.05, 0.1) is 5.69 Å². The van der Waals surface area contributed by atoms with E-state index in [1.807, 2.05) is 12.1 Å². The number of benzene rings is 2. The molecular weight excluding hydrogens is 358 g/mol. The highest BCUT2D eigenvalue weighted by Crippen LogP contribution is 2.29. The predicted molar refractivity (Wildman–Crippen MR) is 104 cm³/mol. The van der Waals surface area contributed by atoms with Crippen LogP contribution in [0.3, 0.4) is 0 Å². The predicted octanol–water partition coefficient (Wildman–Crippen LogP) is 5.05. The SMILES string of the molecule is O=C(c1ccc(F)cc1)N1CCC[C@H](c2cccc(-c3ccccc3F)n2)C1. The maximum absolute atomic E-state index is 14.1. The second-order valence-corrected chi connectivity index (χ2v) is 7.02. The minimum Gasteiger partial charge on any atom is -0.338 e. The third-order valence-electron chi connectivity index (χ3n) is 5.14. The summed E-state index contributed by atoms with van der Waals surface area (Å²) in [4.78, 5) is 19.2. The normalized spacial score (nSPS) is 16.8. The minimum absolute atomic E-state index is 0.0878. The Labute approximate surface area is 162 Å². The molecule has 2 aromatic carbocycles. The number of carbonyl (C=O) groups is 1. The van der Waals surface area contributed by atoms with E-state index in [1.165, 1.54) is 30.3 Å². The molecule has 28 heavy (non-hydrogen) atoms. The zero-order valence-corrected chi connectivity index (χ0v) is 15.3. The van der Waals surface area contributed by atoms with Gasteiger partial charge in [0.15, 0.2) is 0 Å². The van der Waals surface area contributed by atoms with E-state index in [1.54, 1.807) is 29.2 Å². The summed E-state index contributed by atoms with van der Waals surface area (Å²) in [5.41, 5.74) is 2.41. The lowest BCUT2D eigenvalue weighted by molar-refractivity contribution is 0.0706. The van der Waals surface area contributed by atoms with Crippen LogP contribution in [0.15, 0.2) is 66.7 Å². The molecule has 3 nitrogen and oxygen atoms in total. The number of halogens is 2. The number of pyridine rings is 1. The van der Waals surface area contributed by atoms with Crippen molar-refractivity contribution < 1.29 is 13.6 Å². The van der Waals surface area contributed by atoms with Gasteiger partial charge in [0.2, 0.25) is 0 Å². The van der Waals surface area contributed by atoms with Gasteiger partial charge >= 0.3 is 0 Å². The lowest BCUT2D eigenvalue weighted by Crippen LogP contribution is -2.39. The number of amides is 1. The Morgan fingerprint density at radius 3 is 2.54 bits per heavy atom. The molecule has 0 bridgehead atoms. The number of likely N-dealkylation sites (tertiary alicyclic amines) is 1. The van der Waals surface area contributed by atoms with Crippen molar-refractivity contribution in [2.24, 2.45) is 0 Å². The van der Waals surface area contributed by atoms with Crippen molar-refractivity contribution in [2.45, 2.75) is 18.8 Å². The molecule has 1 atom stereocenters. The lowest BCUT2D eigenvalue weighted by Gasteiger charge is -2.32. The Morgan fingerprint density at radius 1 is 0.964 bits per heavy atom. The molecule has 1 aliphatic heterocycles. The summed E-state index contributed by atoms with van der Waals surface area (Å²) in [5.74, 6) is -0.675. The van der Waals surface area contributed by atoms with Gasteiger partial charge in [-0.2, -0.15) is 0 Å². The smallest absolute Gasteiger partial charge is 0.253 e. The van der Waals surface area contributed by atoms with Crippen molar-refractivity contribution in [1.29, 1.82) is 0 Å². The zero-order chi connectivity index (χ0) is 19.5. The monoisotopic (exact) mass is 378 g/mol. The molecule has 0 unspecified atom stereocenters. The van der Waals surface area contributed by atoms with E-state index in [0.717, 1.165) is 18.5 Å². The van der Waals surface area contributed by atoms with E-state index in [9.17, 15) is 13.6 Å². The Balaban J connectivity index is 1.55. The van der Waals surface area contributed by atoms with Crippen molar-refractivity contribution >= 4 is 5.91 Å². The van der Waals surface area contributed by atoms with Gasteiger partial charge in [-0.25, -0.2) is 8.78 Å². The highest BCUT2D eigenvalue weighted by molar-refractivity contribution is 5.94. The molecule has 0 radical (unpaired) electrons. The summed E-state index contributed by atoms with van der Waals surface area (Å²) in [5, 5.41) is 0. The number of carbonyl (C=O) groups excluding carboxylic acids is 1. The van der Waals surface area contributed by atoms with E-state index >= 15 is 0 Å². The minimum atomic E-state index is -0.359. The van der Waals surface area contributed by atoms with Gasteiger partial charge < -0.3 is 4.90 Å². The fraction of sp³-hybridized carbons (Fsp3) is 0.217. The number of aromatic nitrogens is 1. The van der Waals surface area contributed by atoms with Crippen LogP contribution in [0.25, 0.3) is 11.3 Å². The summed E-state index contributed by atoms with van der Waals surface area (Å²) in [6.07, 6.45) is 1.78. The van der Waals surface area contributed by atoms with Gasteiger partial charge in [0.25, 0.3) is 5.91 Å². The fourth-order valence-corrected chi connectivity index (χ4v) is 3.68. The van der Waals surface area contributed by atoms with Crippen molar-refractivity contribution in [3.63, 3.8) is 0 Å². The lowest BCUT2D eigenvalue weighted by atomic mass is 9.93. The van der Waals surface area contributed by atoms with Crippen LogP contribution in [0.1, 0.15) is 34.8 Å². The van der Waals surface area contributed by atoms with Crippen molar-refractivity contribution in [1.82, 2.24) is 9.88 Å². The van der Waals surface area contributed by atoms with Crippen LogP contribution < -0.4 is 0 Å². The molecule has 0 spiro atoms. The highest BCUT2D eigenvalue weighted by atomic mass is 19.1. The summed E-state index contributed by atoms with van der Waals surface area (Å²) in [6.45, 7) is 1.21. The van der Waals surface area contributed by atoms with Crippen LogP contribution >= 0.6 is 0 Å². The number of hydrogen-bond donors (Lipinski definition) is 0. The molecule has 142 valence electrons. The quantitative estimate of drug-likeness (QED) is 0.639. The zero-order valence-electron chi connectivity index (χ0n) is 15.3. The van der Waals surface area contributed by atoms with Crippen LogP contribution in [-0.4, -0.2) is 28.9 Å². The molecule has 1 amide bonds. The van der Waals surface area contributed by atoms with E-state index in [-0.39, 0.29) is 23.5 Å². The third kappa shape index (κ3) is 3.79.